The minimum Gasteiger partial charge on any atom is -0.463 e. The first-order valence-corrected chi connectivity index (χ1v) is 4.90. The van der Waals surface area contributed by atoms with Gasteiger partial charge in [-0.25, -0.2) is 4.79 Å². The summed E-state index contributed by atoms with van der Waals surface area (Å²) in [6.07, 6.45) is 5.26. The maximum absolute atomic E-state index is 10.9. The molecule has 3 heteroatoms. The molecule has 0 fully saturated rings. The summed E-state index contributed by atoms with van der Waals surface area (Å²) in [6, 6.07) is 0. The van der Waals surface area contributed by atoms with Crippen molar-refractivity contribution in [2.75, 3.05) is 11.9 Å². The predicted octanol–water partition coefficient (Wildman–Crippen LogP) is 2.45. The van der Waals surface area contributed by atoms with Crippen LogP contribution < -0.4 is 0 Å². The molecule has 0 aliphatic rings. The van der Waals surface area contributed by atoms with E-state index in [1.165, 1.54) is 6.08 Å². The van der Waals surface area contributed by atoms with E-state index < -0.39 is 0 Å². The Labute approximate surface area is 81.4 Å². The average molecular weight is 233 g/mol. The Balaban J connectivity index is 3.97. The van der Waals surface area contributed by atoms with E-state index in [1.54, 1.807) is 6.92 Å². The molecule has 0 rings (SSSR count). The second-order valence-electron chi connectivity index (χ2n) is 2.20. The van der Waals surface area contributed by atoms with Crippen molar-refractivity contribution in [2.45, 2.75) is 13.8 Å². The van der Waals surface area contributed by atoms with Crippen molar-refractivity contribution in [1.29, 1.82) is 0 Å². The van der Waals surface area contributed by atoms with Crippen molar-refractivity contribution in [3.8, 4) is 0 Å². The van der Waals surface area contributed by atoms with Crippen LogP contribution in [-0.4, -0.2) is 17.9 Å². The normalized spacial score (nSPS) is 12.1. The highest BCUT2D eigenvalue weighted by Gasteiger charge is 1.94. The number of rotatable bonds is 4. The van der Waals surface area contributed by atoms with Crippen LogP contribution in [0.25, 0.3) is 0 Å². The Hall–Kier alpha value is -0.570. The first-order chi connectivity index (χ1) is 5.70. The number of carbonyl (C=O) groups is 1. The third kappa shape index (κ3) is 6.16. The van der Waals surface area contributed by atoms with Crippen LogP contribution >= 0.6 is 15.9 Å². The first kappa shape index (κ1) is 11.4. The van der Waals surface area contributed by atoms with Crippen LogP contribution in [0.2, 0.25) is 0 Å². The Kier molecular flexibility index (Phi) is 6.76. The molecule has 0 N–H and O–H groups in total. The summed E-state index contributed by atoms with van der Waals surface area (Å²) in [5, 5.41) is 0.793. The van der Waals surface area contributed by atoms with Crippen molar-refractivity contribution in [3.05, 3.63) is 23.8 Å². The van der Waals surface area contributed by atoms with E-state index in [1.807, 2.05) is 19.1 Å². The number of hydrogen-bond acceptors (Lipinski definition) is 2. The van der Waals surface area contributed by atoms with Gasteiger partial charge < -0.3 is 4.74 Å². The van der Waals surface area contributed by atoms with Crippen molar-refractivity contribution in [3.63, 3.8) is 0 Å². The van der Waals surface area contributed by atoms with Crippen molar-refractivity contribution < 1.29 is 9.53 Å². The minimum absolute atomic E-state index is 0.283. The smallest absolute Gasteiger partial charge is 0.330 e. The fourth-order valence-corrected chi connectivity index (χ4v) is 0.835. The molecule has 0 aromatic heterocycles. The van der Waals surface area contributed by atoms with Crippen LogP contribution in [0.15, 0.2) is 23.8 Å². The Morgan fingerprint density at radius 2 is 2.25 bits per heavy atom. The van der Waals surface area contributed by atoms with E-state index in [2.05, 4.69) is 15.9 Å². The van der Waals surface area contributed by atoms with Crippen LogP contribution in [0.4, 0.5) is 0 Å². The molecule has 0 aliphatic carbocycles. The van der Waals surface area contributed by atoms with Crippen molar-refractivity contribution in [2.24, 2.45) is 0 Å². The number of hydrogen-bond donors (Lipinski definition) is 0. The van der Waals surface area contributed by atoms with Gasteiger partial charge in [0.1, 0.15) is 0 Å². The number of ether oxygens (including phenoxy) is 1. The highest BCUT2D eigenvalue weighted by Crippen LogP contribution is 1.96. The quantitative estimate of drug-likeness (QED) is 0.322. The largest absolute Gasteiger partial charge is 0.463 e. The first-order valence-electron chi connectivity index (χ1n) is 3.78. The molecule has 0 saturated heterocycles. The summed E-state index contributed by atoms with van der Waals surface area (Å²) in [4.78, 5) is 10.9. The summed E-state index contributed by atoms with van der Waals surface area (Å²) in [5.74, 6) is -0.283. The van der Waals surface area contributed by atoms with Crippen LogP contribution in [-0.2, 0) is 9.53 Å². The number of allylic oxidation sites excluding steroid dienone is 3. The molecule has 0 saturated carbocycles. The minimum atomic E-state index is -0.283. The van der Waals surface area contributed by atoms with E-state index in [0.29, 0.717) is 6.61 Å². The second kappa shape index (κ2) is 7.10. The van der Waals surface area contributed by atoms with Crippen LogP contribution in [0.3, 0.4) is 0 Å². The average Bonchev–Trinajstić information content (AvgIpc) is 2.01. The van der Waals surface area contributed by atoms with Gasteiger partial charge in [-0.05, 0) is 19.4 Å². The zero-order chi connectivity index (χ0) is 9.40. The summed E-state index contributed by atoms with van der Waals surface area (Å²) >= 11 is 3.24. The third-order valence-electron chi connectivity index (χ3n) is 1.10. The number of halogens is 1. The highest BCUT2D eigenvalue weighted by molar-refractivity contribution is 9.09. The van der Waals surface area contributed by atoms with E-state index in [0.717, 1.165) is 10.9 Å². The van der Waals surface area contributed by atoms with Crippen LogP contribution in [0, 0.1) is 0 Å². The molecule has 0 aliphatic heterocycles. The standard InChI is InChI=1S/C9H13BrO2/c1-3-12-9(11)7-8(2)5-4-6-10/h4-5,7H,3,6H2,1-2H3. The fraction of sp³-hybridized carbons (Fsp3) is 0.444. The van der Waals surface area contributed by atoms with Gasteiger partial charge in [0.2, 0.25) is 0 Å². The summed E-state index contributed by atoms with van der Waals surface area (Å²) in [5.41, 5.74) is 0.896. The van der Waals surface area contributed by atoms with E-state index >= 15 is 0 Å². The molecule has 0 bridgehead atoms. The Bertz CT molecular complexity index is 195. The van der Waals surface area contributed by atoms with Crippen LogP contribution in [0.5, 0.6) is 0 Å². The van der Waals surface area contributed by atoms with Gasteiger partial charge >= 0.3 is 5.97 Å². The molecular weight excluding hydrogens is 220 g/mol. The van der Waals surface area contributed by atoms with E-state index in [9.17, 15) is 4.79 Å². The molecule has 0 amide bonds. The topological polar surface area (TPSA) is 26.3 Å². The van der Waals surface area contributed by atoms with E-state index in [-0.39, 0.29) is 5.97 Å². The van der Waals surface area contributed by atoms with Gasteiger partial charge in [0.15, 0.2) is 0 Å². The highest BCUT2D eigenvalue weighted by atomic mass is 79.9. The molecule has 2 nitrogen and oxygen atoms in total. The summed E-state index contributed by atoms with van der Waals surface area (Å²) in [7, 11) is 0. The number of esters is 1. The lowest BCUT2D eigenvalue weighted by Crippen LogP contribution is -1.99. The summed E-state index contributed by atoms with van der Waals surface area (Å²) in [6.45, 7) is 4.07. The lowest BCUT2D eigenvalue weighted by Gasteiger charge is -1.95. The molecular formula is C9H13BrO2. The molecule has 0 radical (unpaired) electrons. The van der Waals surface area contributed by atoms with Crippen molar-refractivity contribution >= 4 is 21.9 Å². The molecule has 68 valence electrons. The molecule has 0 aromatic rings. The van der Waals surface area contributed by atoms with Gasteiger partial charge in [-0.1, -0.05) is 28.1 Å². The van der Waals surface area contributed by atoms with Gasteiger partial charge in [-0.3, -0.25) is 0 Å². The van der Waals surface area contributed by atoms with Gasteiger partial charge in [-0.15, -0.1) is 0 Å². The molecule has 0 heterocycles. The monoisotopic (exact) mass is 232 g/mol. The molecule has 0 unspecified atom stereocenters. The number of carbonyl (C=O) groups excluding carboxylic acids is 1. The van der Waals surface area contributed by atoms with E-state index in [4.69, 9.17) is 4.74 Å². The lowest BCUT2D eigenvalue weighted by molar-refractivity contribution is -0.137. The maximum atomic E-state index is 10.9. The SMILES string of the molecule is CCOC(=O)C=C(C)C=CCBr. The third-order valence-corrected chi connectivity index (χ3v) is 1.48. The second-order valence-corrected chi connectivity index (χ2v) is 2.84. The Morgan fingerprint density at radius 1 is 1.58 bits per heavy atom. The molecule has 0 spiro atoms. The van der Waals surface area contributed by atoms with Crippen molar-refractivity contribution in [1.82, 2.24) is 0 Å². The molecule has 0 aromatic carbocycles. The fourth-order valence-electron chi connectivity index (χ4n) is 0.648. The van der Waals surface area contributed by atoms with Gasteiger partial charge in [0.25, 0.3) is 0 Å². The summed E-state index contributed by atoms with van der Waals surface area (Å²) < 4.78 is 4.73. The zero-order valence-electron chi connectivity index (χ0n) is 7.34. The Morgan fingerprint density at radius 3 is 2.75 bits per heavy atom. The zero-order valence-corrected chi connectivity index (χ0v) is 8.93. The molecule has 12 heavy (non-hydrogen) atoms. The number of alkyl halides is 1. The predicted molar refractivity (Wildman–Crippen MR) is 53.3 cm³/mol. The van der Waals surface area contributed by atoms with Gasteiger partial charge in [-0.2, -0.15) is 0 Å². The lowest BCUT2D eigenvalue weighted by atomic mass is 10.2. The maximum Gasteiger partial charge on any atom is 0.330 e. The van der Waals surface area contributed by atoms with Gasteiger partial charge in [0.05, 0.1) is 6.61 Å². The molecule has 0 atom stereocenters. The van der Waals surface area contributed by atoms with Gasteiger partial charge in [0, 0.05) is 11.4 Å². The van der Waals surface area contributed by atoms with Crippen LogP contribution in [0.1, 0.15) is 13.8 Å².